The summed E-state index contributed by atoms with van der Waals surface area (Å²) in [6.45, 7) is 8.06. The van der Waals surface area contributed by atoms with Crippen LogP contribution in [0.15, 0.2) is 47.1 Å². The minimum Gasteiger partial charge on any atom is -0.497 e. The van der Waals surface area contributed by atoms with Gasteiger partial charge in [-0.1, -0.05) is 50.1 Å². The number of methoxy groups -OCH3 is 1. The van der Waals surface area contributed by atoms with Gasteiger partial charge in [-0.15, -0.1) is 0 Å². The maximum Gasteiger partial charge on any atom is 0.146 e. The molecule has 1 aromatic carbocycles. The lowest BCUT2D eigenvalue weighted by atomic mass is 9.54. The minimum absolute atomic E-state index is 0.170. The van der Waals surface area contributed by atoms with E-state index in [0.29, 0.717) is 24.7 Å². The Morgan fingerprint density at radius 2 is 1.91 bits per heavy atom. The monoisotopic (exact) mass is 436 g/mol. The summed E-state index contributed by atoms with van der Waals surface area (Å²) < 4.78 is 11.3. The van der Waals surface area contributed by atoms with Gasteiger partial charge in [-0.05, 0) is 66.7 Å². The number of ketones is 1. The van der Waals surface area contributed by atoms with Crippen LogP contribution in [-0.2, 0) is 20.9 Å². The van der Waals surface area contributed by atoms with Gasteiger partial charge in [0.05, 0.1) is 20.3 Å². The fraction of sp³-hybridized carbons (Fsp3) is 0.571. The van der Waals surface area contributed by atoms with Crippen LogP contribution >= 0.6 is 0 Å². The quantitative estimate of drug-likeness (QED) is 0.397. The fourth-order valence-electron chi connectivity index (χ4n) is 6.22. The number of ether oxygens (including phenoxy) is 2. The Morgan fingerprint density at radius 1 is 1.16 bits per heavy atom. The first-order valence-electron chi connectivity index (χ1n) is 11.9. The van der Waals surface area contributed by atoms with Crippen LogP contribution in [-0.4, -0.2) is 25.8 Å². The number of hydrogen-bond acceptors (Lipinski definition) is 4. The molecule has 0 bridgehead atoms. The number of carbonyl (C=O) groups is 2. The molecule has 1 saturated carbocycles. The van der Waals surface area contributed by atoms with Gasteiger partial charge in [0.15, 0.2) is 0 Å². The van der Waals surface area contributed by atoms with Crippen LogP contribution in [0.25, 0.3) is 0 Å². The van der Waals surface area contributed by atoms with E-state index in [9.17, 15) is 9.59 Å². The molecule has 4 rings (SSSR count). The van der Waals surface area contributed by atoms with Crippen LogP contribution < -0.4 is 4.74 Å². The van der Waals surface area contributed by atoms with Crippen LogP contribution in [0.2, 0.25) is 0 Å². The number of fused-ring (bicyclic) bond motifs is 3. The Hall–Kier alpha value is -2.20. The molecule has 0 spiro atoms. The zero-order valence-electron chi connectivity index (χ0n) is 19.9. The largest absolute Gasteiger partial charge is 0.497 e. The van der Waals surface area contributed by atoms with Crippen molar-refractivity contribution in [3.8, 4) is 5.75 Å². The Kier molecular flexibility index (Phi) is 6.44. The summed E-state index contributed by atoms with van der Waals surface area (Å²) in [5.41, 5.74) is 4.60. The van der Waals surface area contributed by atoms with E-state index in [-0.39, 0.29) is 29.0 Å². The normalized spacial score (nSPS) is 30.8. The number of carbonyl (C=O) groups excluding carboxylic acids is 2. The first-order chi connectivity index (χ1) is 15.3. The highest BCUT2D eigenvalue weighted by Gasteiger charge is 2.54. The van der Waals surface area contributed by atoms with Gasteiger partial charge in [0.25, 0.3) is 0 Å². The first-order valence-corrected chi connectivity index (χ1v) is 11.9. The maximum atomic E-state index is 13.2. The fourth-order valence-corrected chi connectivity index (χ4v) is 6.22. The summed E-state index contributed by atoms with van der Waals surface area (Å²) in [5.74, 6) is 1.61. The van der Waals surface area contributed by atoms with Crippen molar-refractivity contribution in [3.05, 3.63) is 52.6 Å². The van der Waals surface area contributed by atoms with Gasteiger partial charge in [0.1, 0.15) is 17.8 Å². The molecular weight excluding hydrogens is 400 g/mol. The molecule has 4 nitrogen and oxygen atoms in total. The van der Waals surface area contributed by atoms with Gasteiger partial charge in [0.2, 0.25) is 0 Å². The molecule has 0 unspecified atom stereocenters. The summed E-state index contributed by atoms with van der Waals surface area (Å²) in [5, 5.41) is 0. The van der Waals surface area contributed by atoms with Crippen molar-refractivity contribution in [1.29, 1.82) is 0 Å². The summed E-state index contributed by atoms with van der Waals surface area (Å²) in [6, 6.07) is 8.00. The average Bonchev–Trinajstić information content (AvgIpc) is 3.09. The molecule has 0 aliphatic heterocycles. The van der Waals surface area contributed by atoms with Crippen molar-refractivity contribution < 1.29 is 19.1 Å². The molecule has 172 valence electrons. The SMILES string of the molecule is COc1ccc(COC[C@@H](C)C2=C3[C@H]4CC=C(C=O)CC(=O)[C@]4(C)CC[C@@]3(C)CC2)cc1. The molecule has 0 amide bonds. The molecule has 1 aromatic rings. The van der Waals surface area contributed by atoms with Gasteiger partial charge < -0.3 is 9.47 Å². The average molecular weight is 437 g/mol. The molecular formula is C28H36O4. The van der Waals surface area contributed by atoms with Gasteiger partial charge in [-0.2, -0.15) is 0 Å². The van der Waals surface area contributed by atoms with Crippen molar-refractivity contribution in [3.63, 3.8) is 0 Å². The number of hydrogen-bond donors (Lipinski definition) is 0. The van der Waals surface area contributed by atoms with Crippen molar-refractivity contribution in [2.24, 2.45) is 22.7 Å². The molecule has 3 aliphatic rings. The third-order valence-corrected chi connectivity index (χ3v) is 8.42. The number of rotatable bonds is 7. The van der Waals surface area contributed by atoms with Crippen LogP contribution in [0.5, 0.6) is 5.75 Å². The van der Waals surface area contributed by atoms with E-state index in [1.807, 2.05) is 30.3 Å². The maximum absolute atomic E-state index is 13.2. The van der Waals surface area contributed by atoms with E-state index < -0.39 is 0 Å². The molecule has 0 N–H and O–H groups in total. The molecule has 3 aliphatic carbocycles. The van der Waals surface area contributed by atoms with Gasteiger partial charge in [0, 0.05) is 17.8 Å². The van der Waals surface area contributed by atoms with Crippen molar-refractivity contribution in [2.75, 3.05) is 13.7 Å². The van der Waals surface area contributed by atoms with Crippen LogP contribution in [0, 0.1) is 22.7 Å². The highest BCUT2D eigenvalue weighted by molar-refractivity contribution is 5.93. The summed E-state index contributed by atoms with van der Waals surface area (Å²) in [6.07, 6.45) is 8.21. The standard InChI is InChI=1S/C28H36O4/c1-19(17-32-18-20-5-8-22(31-4)9-6-20)23-11-12-27(2)13-14-28(3)24(26(23)27)10-7-21(16-29)15-25(28)30/h5-9,16,19,24H,10-15,17-18H2,1-4H3/t19-,24-,27-,28-/m1/s1. The number of benzene rings is 1. The second kappa shape index (κ2) is 8.97. The molecule has 32 heavy (non-hydrogen) atoms. The lowest BCUT2D eigenvalue weighted by Crippen LogP contribution is -2.44. The molecule has 4 atom stereocenters. The second-order valence-corrected chi connectivity index (χ2v) is 10.5. The van der Waals surface area contributed by atoms with E-state index in [1.165, 1.54) is 11.1 Å². The molecule has 0 heterocycles. The van der Waals surface area contributed by atoms with E-state index in [2.05, 4.69) is 20.8 Å². The Bertz CT molecular complexity index is 941. The lowest BCUT2D eigenvalue weighted by Gasteiger charge is -2.48. The zero-order chi connectivity index (χ0) is 22.9. The highest BCUT2D eigenvalue weighted by Crippen LogP contribution is 2.62. The molecule has 0 aromatic heterocycles. The highest BCUT2D eigenvalue weighted by atomic mass is 16.5. The lowest BCUT2D eigenvalue weighted by molar-refractivity contribution is -0.131. The van der Waals surface area contributed by atoms with Gasteiger partial charge in [-0.25, -0.2) is 0 Å². The topological polar surface area (TPSA) is 52.6 Å². The predicted molar refractivity (Wildman–Crippen MR) is 125 cm³/mol. The zero-order valence-corrected chi connectivity index (χ0v) is 19.9. The summed E-state index contributed by atoms with van der Waals surface area (Å²) in [4.78, 5) is 24.7. The summed E-state index contributed by atoms with van der Waals surface area (Å²) >= 11 is 0. The Morgan fingerprint density at radius 3 is 2.59 bits per heavy atom. The van der Waals surface area contributed by atoms with E-state index in [4.69, 9.17) is 9.47 Å². The molecule has 1 fully saturated rings. The second-order valence-electron chi connectivity index (χ2n) is 10.5. The Labute approximate surface area is 192 Å². The number of Topliss-reactive ketones (excluding diaryl/α,β-unsaturated/α-hetero) is 1. The molecule has 0 saturated heterocycles. The van der Waals surface area contributed by atoms with Crippen molar-refractivity contribution in [2.45, 2.75) is 65.9 Å². The number of allylic oxidation sites excluding steroid dienone is 3. The molecule has 0 radical (unpaired) electrons. The third kappa shape index (κ3) is 4.10. The van der Waals surface area contributed by atoms with Gasteiger partial charge >= 0.3 is 0 Å². The molecule has 4 heteroatoms. The number of aldehydes is 1. The predicted octanol–water partition coefficient (Wildman–Crippen LogP) is 5.85. The smallest absolute Gasteiger partial charge is 0.146 e. The van der Waals surface area contributed by atoms with Crippen molar-refractivity contribution in [1.82, 2.24) is 0 Å². The Balaban J connectivity index is 1.54. The van der Waals surface area contributed by atoms with Gasteiger partial charge in [-0.3, -0.25) is 9.59 Å². The summed E-state index contributed by atoms with van der Waals surface area (Å²) in [7, 11) is 1.67. The van der Waals surface area contributed by atoms with E-state index >= 15 is 0 Å². The third-order valence-electron chi connectivity index (χ3n) is 8.42. The van der Waals surface area contributed by atoms with Crippen LogP contribution in [0.4, 0.5) is 0 Å². The van der Waals surface area contributed by atoms with E-state index in [0.717, 1.165) is 49.7 Å². The van der Waals surface area contributed by atoms with E-state index in [1.54, 1.807) is 7.11 Å². The van der Waals surface area contributed by atoms with Crippen LogP contribution in [0.3, 0.4) is 0 Å². The van der Waals surface area contributed by atoms with Crippen molar-refractivity contribution >= 4 is 12.1 Å². The van der Waals surface area contributed by atoms with Crippen LogP contribution in [0.1, 0.15) is 64.9 Å². The minimum atomic E-state index is -0.366. The first kappa shape index (κ1) is 23.0.